The van der Waals surface area contributed by atoms with E-state index in [1.807, 2.05) is 0 Å². The fraction of sp³-hybridized carbons (Fsp3) is 1.00. The summed E-state index contributed by atoms with van der Waals surface area (Å²) in [5, 5.41) is 0. The summed E-state index contributed by atoms with van der Waals surface area (Å²) in [7, 11) is 0. The van der Waals surface area contributed by atoms with Gasteiger partial charge in [0.05, 0.1) is 0 Å². The molecule has 0 bridgehead atoms. The van der Waals surface area contributed by atoms with Crippen molar-refractivity contribution >= 4 is 0 Å². The van der Waals surface area contributed by atoms with Crippen molar-refractivity contribution in [1.29, 1.82) is 0 Å². The maximum Gasteiger partial charge on any atom is -0.0297 e. The van der Waals surface area contributed by atoms with E-state index in [1.165, 1.54) is 238 Å². The highest BCUT2D eigenvalue weighted by Gasteiger charge is 2.31. The van der Waals surface area contributed by atoms with Crippen LogP contribution in [-0.4, -0.2) is 0 Å². The molecule has 320 valence electrons. The normalized spacial score (nSPS) is 12.3. The van der Waals surface area contributed by atoms with E-state index in [4.69, 9.17) is 0 Å². The van der Waals surface area contributed by atoms with Gasteiger partial charge in [0.15, 0.2) is 0 Å². The lowest BCUT2D eigenvalue weighted by molar-refractivity contribution is 0.149. The third-order valence-electron chi connectivity index (χ3n) is 13.8. The molecule has 0 heterocycles. The highest BCUT2D eigenvalue weighted by atomic mass is 14.4. The van der Waals surface area contributed by atoms with Gasteiger partial charge in [-0.2, -0.15) is 0 Å². The minimum atomic E-state index is 0.641. The van der Waals surface area contributed by atoms with Gasteiger partial charge in [-0.15, -0.1) is 0 Å². The van der Waals surface area contributed by atoms with Crippen LogP contribution in [0.5, 0.6) is 0 Å². The predicted molar refractivity (Wildman–Crippen MR) is 247 cm³/mol. The SMILES string of the molecule is CCCCCCCCC(CCCCCCC)(CCCCCCCC)CCCCC(CCCCCCCC)(CCCCCCCC)CCCCCCCC. The Balaban J connectivity index is 5.83. The molecule has 0 spiro atoms. The molecule has 0 nitrogen and oxygen atoms in total. The molecule has 0 aliphatic rings. The second kappa shape index (κ2) is 41.6. The van der Waals surface area contributed by atoms with E-state index in [2.05, 4.69) is 41.5 Å². The summed E-state index contributed by atoms with van der Waals surface area (Å²) in [6, 6.07) is 0. The van der Waals surface area contributed by atoms with Crippen LogP contribution in [0.25, 0.3) is 0 Å². The van der Waals surface area contributed by atoms with E-state index in [0.717, 1.165) is 0 Å². The van der Waals surface area contributed by atoms with Crippen molar-refractivity contribution in [2.75, 3.05) is 0 Å². The van der Waals surface area contributed by atoms with Gasteiger partial charge in [-0.3, -0.25) is 0 Å². The second-order valence-corrected chi connectivity index (χ2v) is 19.0. The highest BCUT2D eigenvalue weighted by molar-refractivity contribution is 4.83. The van der Waals surface area contributed by atoms with E-state index >= 15 is 0 Å². The lowest BCUT2D eigenvalue weighted by Crippen LogP contribution is -2.24. The van der Waals surface area contributed by atoms with Gasteiger partial charge in [0.2, 0.25) is 0 Å². The summed E-state index contributed by atoms with van der Waals surface area (Å²) in [6.07, 6.45) is 66.5. The highest BCUT2D eigenvalue weighted by Crippen LogP contribution is 2.45. The van der Waals surface area contributed by atoms with Crippen LogP contribution in [0.4, 0.5) is 0 Å². The van der Waals surface area contributed by atoms with Crippen molar-refractivity contribution in [2.45, 2.75) is 330 Å². The predicted octanol–water partition coefficient (Wildman–Crippen LogP) is 20.6. The first kappa shape index (κ1) is 53.0. The smallest absolute Gasteiger partial charge is 0.0297 e. The first-order valence-electron chi connectivity index (χ1n) is 26.1. The third-order valence-corrected chi connectivity index (χ3v) is 13.8. The van der Waals surface area contributed by atoms with Crippen molar-refractivity contribution in [3.63, 3.8) is 0 Å². The fourth-order valence-corrected chi connectivity index (χ4v) is 10.0. The fourth-order valence-electron chi connectivity index (χ4n) is 10.0. The van der Waals surface area contributed by atoms with Crippen LogP contribution in [0.3, 0.4) is 0 Å². The maximum absolute atomic E-state index is 2.38. The standard InChI is InChI=1S/C53H108/c1-7-13-19-25-31-37-45-52(44-36-30-24-18-12-6,46-38-32-26-20-14-8-2)50-42-43-51-53(47-39-33-27-21-15-9-3,48-40-34-28-22-16-10-4)49-41-35-29-23-17-11-5/h7-51H2,1-6H3. The molecule has 0 rings (SSSR count). The molecule has 0 saturated carbocycles. The molecule has 0 aromatic heterocycles. The van der Waals surface area contributed by atoms with Gasteiger partial charge in [-0.05, 0) is 62.2 Å². The van der Waals surface area contributed by atoms with E-state index in [-0.39, 0.29) is 0 Å². The van der Waals surface area contributed by atoms with E-state index in [0.29, 0.717) is 10.8 Å². The zero-order valence-electron chi connectivity index (χ0n) is 38.8. The van der Waals surface area contributed by atoms with Crippen molar-refractivity contribution in [3.8, 4) is 0 Å². The van der Waals surface area contributed by atoms with Gasteiger partial charge in [0.25, 0.3) is 0 Å². The number of unbranched alkanes of at least 4 members (excludes halogenated alkanes) is 30. The summed E-state index contributed by atoms with van der Waals surface area (Å²) in [5.74, 6) is 0. The van der Waals surface area contributed by atoms with Crippen molar-refractivity contribution < 1.29 is 0 Å². The van der Waals surface area contributed by atoms with Crippen LogP contribution in [-0.2, 0) is 0 Å². The van der Waals surface area contributed by atoms with Crippen LogP contribution in [0, 0.1) is 10.8 Å². The van der Waals surface area contributed by atoms with Gasteiger partial charge in [-0.25, -0.2) is 0 Å². The molecule has 0 aromatic carbocycles. The molecule has 0 atom stereocenters. The summed E-state index contributed by atoms with van der Waals surface area (Å²) >= 11 is 0. The lowest BCUT2D eigenvalue weighted by atomic mass is 9.68. The Morgan fingerprint density at radius 2 is 0.264 bits per heavy atom. The average Bonchev–Trinajstić information content (AvgIpc) is 3.17. The van der Waals surface area contributed by atoms with Gasteiger partial charge >= 0.3 is 0 Å². The van der Waals surface area contributed by atoms with Crippen LogP contribution in [0.1, 0.15) is 330 Å². The minimum absolute atomic E-state index is 0.641. The Morgan fingerprint density at radius 1 is 0.151 bits per heavy atom. The molecule has 0 unspecified atom stereocenters. The van der Waals surface area contributed by atoms with E-state index < -0.39 is 0 Å². The molecule has 0 aliphatic heterocycles. The van der Waals surface area contributed by atoms with Gasteiger partial charge in [0.1, 0.15) is 0 Å². The van der Waals surface area contributed by atoms with Crippen LogP contribution >= 0.6 is 0 Å². The van der Waals surface area contributed by atoms with Gasteiger partial charge < -0.3 is 0 Å². The summed E-state index contributed by atoms with van der Waals surface area (Å²) < 4.78 is 0. The molecule has 0 amide bonds. The van der Waals surface area contributed by atoms with E-state index in [1.54, 1.807) is 51.4 Å². The Labute approximate surface area is 340 Å². The summed E-state index contributed by atoms with van der Waals surface area (Å²) in [5.41, 5.74) is 1.28. The zero-order chi connectivity index (χ0) is 38.8. The van der Waals surface area contributed by atoms with Crippen LogP contribution in [0.2, 0.25) is 0 Å². The first-order valence-corrected chi connectivity index (χ1v) is 26.1. The zero-order valence-corrected chi connectivity index (χ0v) is 38.8. The maximum atomic E-state index is 2.38. The Morgan fingerprint density at radius 3 is 0.415 bits per heavy atom. The Hall–Kier alpha value is 0. The molecule has 0 N–H and O–H groups in total. The molecule has 0 aromatic rings. The number of hydrogen-bond donors (Lipinski definition) is 0. The van der Waals surface area contributed by atoms with Gasteiger partial charge in [-0.1, -0.05) is 279 Å². The molecular weight excluding hydrogens is 637 g/mol. The Kier molecular flexibility index (Phi) is 41.6. The largest absolute Gasteiger partial charge is 0.0654 e. The van der Waals surface area contributed by atoms with Crippen LogP contribution in [0.15, 0.2) is 0 Å². The molecule has 0 aliphatic carbocycles. The lowest BCUT2D eigenvalue weighted by Gasteiger charge is -2.37. The molecular formula is C53H108. The summed E-state index contributed by atoms with van der Waals surface area (Å²) in [4.78, 5) is 0. The van der Waals surface area contributed by atoms with Crippen LogP contribution < -0.4 is 0 Å². The van der Waals surface area contributed by atoms with Crippen molar-refractivity contribution in [2.24, 2.45) is 10.8 Å². The molecule has 0 saturated heterocycles. The van der Waals surface area contributed by atoms with Crippen molar-refractivity contribution in [1.82, 2.24) is 0 Å². The molecule has 0 radical (unpaired) electrons. The summed E-state index contributed by atoms with van der Waals surface area (Å²) in [6.45, 7) is 14.2. The van der Waals surface area contributed by atoms with E-state index in [9.17, 15) is 0 Å². The number of rotatable bonds is 46. The molecule has 0 fully saturated rings. The molecule has 53 heavy (non-hydrogen) atoms. The second-order valence-electron chi connectivity index (χ2n) is 19.0. The minimum Gasteiger partial charge on any atom is -0.0654 e. The topological polar surface area (TPSA) is 0 Å². The monoisotopic (exact) mass is 745 g/mol. The first-order chi connectivity index (χ1) is 26.1. The number of hydrogen-bond acceptors (Lipinski definition) is 0. The average molecular weight is 745 g/mol. The quantitative estimate of drug-likeness (QED) is 0.0545. The molecule has 0 heteroatoms. The Bertz CT molecular complexity index is 604. The third kappa shape index (κ3) is 33.8. The van der Waals surface area contributed by atoms with Gasteiger partial charge in [0, 0.05) is 0 Å². The van der Waals surface area contributed by atoms with Crippen molar-refractivity contribution in [3.05, 3.63) is 0 Å².